The van der Waals surface area contributed by atoms with Crippen molar-refractivity contribution in [2.24, 2.45) is 5.73 Å². The molecule has 1 heterocycles. The predicted molar refractivity (Wildman–Crippen MR) is 78.6 cm³/mol. The molecule has 0 spiro atoms. The van der Waals surface area contributed by atoms with Crippen LogP contribution in [-0.2, 0) is 6.42 Å². The maximum atomic E-state index is 5.71. The Morgan fingerprint density at radius 1 is 1.05 bits per heavy atom. The summed E-state index contributed by atoms with van der Waals surface area (Å²) < 4.78 is 2.20. The van der Waals surface area contributed by atoms with Gasteiger partial charge in [-0.3, -0.25) is 4.57 Å². The van der Waals surface area contributed by atoms with E-state index in [-0.39, 0.29) is 0 Å². The fourth-order valence-corrected chi connectivity index (χ4v) is 2.45. The molecule has 0 aliphatic heterocycles. The van der Waals surface area contributed by atoms with Crippen molar-refractivity contribution in [2.45, 2.75) is 13.3 Å². The second kappa shape index (κ2) is 4.86. The van der Waals surface area contributed by atoms with Gasteiger partial charge in [-0.1, -0.05) is 30.3 Å². The maximum Gasteiger partial charge on any atom is 0.115 e. The molecule has 3 rings (SSSR count). The van der Waals surface area contributed by atoms with E-state index in [1.807, 2.05) is 18.2 Å². The van der Waals surface area contributed by atoms with E-state index in [2.05, 4.69) is 41.8 Å². The second-order valence-corrected chi connectivity index (χ2v) is 4.68. The zero-order chi connectivity index (χ0) is 13.2. The normalized spacial score (nSPS) is 11.1. The Morgan fingerprint density at radius 2 is 1.84 bits per heavy atom. The fraction of sp³-hybridized carbons (Fsp3) is 0.188. The molecule has 0 aliphatic rings. The van der Waals surface area contributed by atoms with E-state index in [0.717, 1.165) is 29.0 Å². The van der Waals surface area contributed by atoms with Crippen molar-refractivity contribution in [2.75, 3.05) is 6.54 Å². The molecule has 3 aromatic rings. The van der Waals surface area contributed by atoms with Gasteiger partial charge in [0.25, 0.3) is 0 Å². The molecule has 0 unspecified atom stereocenters. The summed E-state index contributed by atoms with van der Waals surface area (Å²) in [7, 11) is 0. The average molecular weight is 251 g/mol. The Kier molecular flexibility index (Phi) is 3.05. The summed E-state index contributed by atoms with van der Waals surface area (Å²) >= 11 is 0. The van der Waals surface area contributed by atoms with Gasteiger partial charge in [-0.05, 0) is 37.2 Å². The number of hydrogen-bond donors (Lipinski definition) is 1. The molecule has 0 saturated carbocycles. The molecule has 0 atom stereocenters. The van der Waals surface area contributed by atoms with Gasteiger partial charge in [0.15, 0.2) is 0 Å². The summed E-state index contributed by atoms with van der Waals surface area (Å²) in [6, 6.07) is 16.6. The number of aromatic nitrogens is 2. The quantitative estimate of drug-likeness (QED) is 0.778. The maximum absolute atomic E-state index is 5.71. The summed E-state index contributed by atoms with van der Waals surface area (Å²) in [5, 5.41) is 0. The van der Waals surface area contributed by atoms with Gasteiger partial charge in [0, 0.05) is 12.1 Å². The zero-order valence-electron chi connectivity index (χ0n) is 11.0. The lowest BCUT2D eigenvalue weighted by atomic mass is 10.2. The number of para-hydroxylation sites is 2. The molecule has 96 valence electrons. The van der Waals surface area contributed by atoms with Crippen molar-refractivity contribution in [1.29, 1.82) is 0 Å². The minimum Gasteiger partial charge on any atom is -0.330 e. The van der Waals surface area contributed by atoms with Crippen molar-refractivity contribution in [3.63, 3.8) is 0 Å². The first-order valence-electron chi connectivity index (χ1n) is 6.53. The molecule has 0 radical (unpaired) electrons. The van der Waals surface area contributed by atoms with E-state index in [4.69, 9.17) is 10.7 Å². The molecule has 3 nitrogen and oxygen atoms in total. The van der Waals surface area contributed by atoms with Crippen LogP contribution in [0.15, 0.2) is 48.5 Å². The number of hydrogen-bond acceptors (Lipinski definition) is 2. The van der Waals surface area contributed by atoms with E-state index in [1.54, 1.807) is 0 Å². The number of benzene rings is 2. The van der Waals surface area contributed by atoms with Crippen LogP contribution in [0.25, 0.3) is 16.7 Å². The van der Waals surface area contributed by atoms with Gasteiger partial charge in [0.05, 0.1) is 11.0 Å². The average Bonchev–Trinajstić information content (AvgIpc) is 2.80. The summed E-state index contributed by atoms with van der Waals surface area (Å²) in [5.74, 6) is 1.03. The molecule has 1 aromatic heterocycles. The zero-order valence-corrected chi connectivity index (χ0v) is 11.0. The van der Waals surface area contributed by atoms with Crippen molar-refractivity contribution in [3.05, 3.63) is 59.9 Å². The van der Waals surface area contributed by atoms with Crippen LogP contribution in [0, 0.1) is 6.92 Å². The molecular weight excluding hydrogens is 234 g/mol. The SMILES string of the molecule is Cc1cccc2c1nc(CCN)n2-c1ccccc1. The molecule has 2 aromatic carbocycles. The first-order valence-corrected chi connectivity index (χ1v) is 6.53. The first kappa shape index (κ1) is 11.9. The van der Waals surface area contributed by atoms with E-state index >= 15 is 0 Å². The van der Waals surface area contributed by atoms with Crippen molar-refractivity contribution >= 4 is 11.0 Å². The Morgan fingerprint density at radius 3 is 2.58 bits per heavy atom. The third-order valence-corrected chi connectivity index (χ3v) is 3.34. The highest BCUT2D eigenvalue weighted by atomic mass is 15.1. The van der Waals surface area contributed by atoms with Gasteiger partial charge in [-0.2, -0.15) is 0 Å². The topological polar surface area (TPSA) is 43.8 Å². The monoisotopic (exact) mass is 251 g/mol. The predicted octanol–water partition coefficient (Wildman–Crippen LogP) is 2.84. The number of rotatable bonds is 3. The molecule has 19 heavy (non-hydrogen) atoms. The molecule has 0 saturated heterocycles. The van der Waals surface area contributed by atoms with E-state index in [0.29, 0.717) is 6.54 Å². The summed E-state index contributed by atoms with van der Waals surface area (Å²) in [6.45, 7) is 2.70. The van der Waals surface area contributed by atoms with Gasteiger partial charge in [-0.15, -0.1) is 0 Å². The number of aryl methyl sites for hydroxylation is 1. The molecule has 0 amide bonds. The van der Waals surface area contributed by atoms with Crippen LogP contribution < -0.4 is 5.73 Å². The van der Waals surface area contributed by atoms with Gasteiger partial charge in [-0.25, -0.2) is 4.98 Å². The van der Waals surface area contributed by atoms with Crippen molar-refractivity contribution < 1.29 is 0 Å². The smallest absolute Gasteiger partial charge is 0.115 e. The van der Waals surface area contributed by atoms with Crippen LogP contribution >= 0.6 is 0 Å². The standard InChI is InChI=1S/C16H17N3/c1-12-6-5-9-14-16(12)18-15(10-11-17)19(14)13-7-3-2-4-8-13/h2-9H,10-11,17H2,1H3. The number of nitrogens with zero attached hydrogens (tertiary/aromatic N) is 2. The molecular formula is C16H17N3. The largest absolute Gasteiger partial charge is 0.330 e. The van der Waals surface area contributed by atoms with Crippen LogP contribution in [-0.4, -0.2) is 16.1 Å². The van der Waals surface area contributed by atoms with Crippen LogP contribution in [0.5, 0.6) is 0 Å². The highest BCUT2D eigenvalue weighted by Crippen LogP contribution is 2.23. The van der Waals surface area contributed by atoms with Crippen LogP contribution in [0.2, 0.25) is 0 Å². The first-order chi connectivity index (χ1) is 9.31. The second-order valence-electron chi connectivity index (χ2n) is 4.68. The van der Waals surface area contributed by atoms with Crippen LogP contribution in [0.1, 0.15) is 11.4 Å². The highest BCUT2D eigenvalue weighted by Gasteiger charge is 2.12. The van der Waals surface area contributed by atoms with Gasteiger partial charge in [0.2, 0.25) is 0 Å². The van der Waals surface area contributed by atoms with Crippen molar-refractivity contribution in [3.8, 4) is 5.69 Å². The number of nitrogens with two attached hydrogens (primary N) is 1. The third kappa shape index (κ3) is 2.02. The highest BCUT2D eigenvalue weighted by molar-refractivity contribution is 5.81. The van der Waals surface area contributed by atoms with Gasteiger partial charge >= 0.3 is 0 Å². The van der Waals surface area contributed by atoms with Crippen molar-refractivity contribution in [1.82, 2.24) is 9.55 Å². The minimum atomic E-state index is 0.606. The van der Waals surface area contributed by atoms with E-state index < -0.39 is 0 Å². The Bertz CT molecular complexity index is 699. The third-order valence-electron chi connectivity index (χ3n) is 3.34. The lowest BCUT2D eigenvalue weighted by Gasteiger charge is -2.08. The summed E-state index contributed by atoms with van der Waals surface area (Å²) in [5.41, 5.74) is 10.3. The molecule has 0 fully saturated rings. The Labute approximate surface area is 112 Å². The molecule has 2 N–H and O–H groups in total. The lowest BCUT2D eigenvalue weighted by molar-refractivity contribution is 0.848. The summed E-state index contributed by atoms with van der Waals surface area (Å²) in [6.07, 6.45) is 0.781. The lowest BCUT2D eigenvalue weighted by Crippen LogP contribution is -2.08. The Hall–Kier alpha value is -2.13. The Balaban J connectivity index is 2.32. The molecule has 0 aliphatic carbocycles. The van der Waals surface area contributed by atoms with Gasteiger partial charge < -0.3 is 5.73 Å². The van der Waals surface area contributed by atoms with E-state index in [9.17, 15) is 0 Å². The summed E-state index contributed by atoms with van der Waals surface area (Å²) in [4.78, 5) is 4.76. The van der Waals surface area contributed by atoms with Crippen LogP contribution in [0.3, 0.4) is 0 Å². The number of imidazole rings is 1. The van der Waals surface area contributed by atoms with Crippen LogP contribution in [0.4, 0.5) is 0 Å². The van der Waals surface area contributed by atoms with Gasteiger partial charge in [0.1, 0.15) is 5.82 Å². The van der Waals surface area contributed by atoms with E-state index in [1.165, 1.54) is 5.56 Å². The number of fused-ring (bicyclic) bond motifs is 1. The molecule has 0 bridgehead atoms. The minimum absolute atomic E-state index is 0.606. The fourth-order valence-electron chi connectivity index (χ4n) is 2.45. The molecule has 3 heteroatoms.